The number of hydrogen-bond donors (Lipinski definition) is 1. The molecule has 0 radical (unpaired) electrons. The smallest absolute Gasteiger partial charge is 0.225 e. The molecule has 1 aromatic heterocycles. The van der Waals surface area contributed by atoms with E-state index in [0.717, 1.165) is 47.9 Å². The van der Waals surface area contributed by atoms with Crippen molar-refractivity contribution in [3.63, 3.8) is 0 Å². The standard InChI is InChI=1S/C20H22F3N5S.C2H6/c1-10-9-27(3)19-18(28(10)4)11(2)24-20(26-19)25-12-5-13(6-12)29-14-7-15(21)17(23)16(22)8-14;1-2/h7-8,12-13H,1,5-6,9H2,2-4H3,(H,24,25,26);1-2H3. The normalized spacial score (nSPS) is 19.9. The van der Waals surface area contributed by atoms with Gasteiger partial charge in [0.1, 0.15) is 5.69 Å². The largest absolute Gasteiger partial charge is 0.352 e. The number of thioether (sulfide) groups is 1. The van der Waals surface area contributed by atoms with E-state index < -0.39 is 17.5 Å². The molecule has 2 aromatic rings. The summed E-state index contributed by atoms with van der Waals surface area (Å²) in [6.45, 7) is 10.7. The zero-order valence-electron chi connectivity index (χ0n) is 18.5. The Morgan fingerprint density at radius 1 is 1.10 bits per heavy atom. The molecule has 4 rings (SSSR count). The van der Waals surface area contributed by atoms with Gasteiger partial charge in [-0.15, -0.1) is 11.8 Å². The second-order valence-electron chi connectivity index (χ2n) is 7.54. The number of aromatic nitrogens is 2. The fourth-order valence-corrected chi connectivity index (χ4v) is 5.03. The molecule has 2 heterocycles. The van der Waals surface area contributed by atoms with Gasteiger partial charge >= 0.3 is 0 Å². The predicted octanol–water partition coefficient (Wildman–Crippen LogP) is 5.36. The molecular formula is C22H28F3N5S. The van der Waals surface area contributed by atoms with E-state index in [4.69, 9.17) is 0 Å². The van der Waals surface area contributed by atoms with Crippen LogP contribution in [-0.2, 0) is 0 Å². The SMILES string of the molecule is C=C1CN(C)c2nc(NC3CC(Sc4cc(F)c(F)c(F)c4)C3)nc(C)c2N1C.CC. The van der Waals surface area contributed by atoms with Crippen molar-refractivity contribution in [3.8, 4) is 0 Å². The Morgan fingerprint density at radius 3 is 2.32 bits per heavy atom. The molecular weight excluding hydrogens is 423 g/mol. The van der Waals surface area contributed by atoms with Crippen LogP contribution in [0.15, 0.2) is 29.3 Å². The number of benzene rings is 1. The Labute approximate surface area is 185 Å². The minimum atomic E-state index is -1.43. The van der Waals surface area contributed by atoms with Crippen LogP contribution in [0.25, 0.3) is 0 Å². The molecule has 1 aromatic carbocycles. The first-order valence-corrected chi connectivity index (χ1v) is 11.2. The van der Waals surface area contributed by atoms with E-state index in [2.05, 4.69) is 26.8 Å². The highest BCUT2D eigenvalue weighted by molar-refractivity contribution is 8.00. The summed E-state index contributed by atoms with van der Waals surface area (Å²) in [5, 5.41) is 3.55. The monoisotopic (exact) mass is 451 g/mol. The van der Waals surface area contributed by atoms with Gasteiger partial charge in [0, 0.05) is 36.0 Å². The maximum absolute atomic E-state index is 13.4. The van der Waals surface area contributed by atoms with Crippen LogP contribution < -0.4 is 15.1 Å². The molecule has 1 saturated carbocycles. The van der Waals surface area contributed by atoms with Crippen LogP contribution in [0.2, 0.25) is 0 Å². The molecule has 31 heavy (non-hydrogen) atoms. The van der Waals surface area contributed by atoms with Crippen LogP contribution in [0, 0.1) is 24.4 Å². The third-order valence-electron chi connectivity index (χ3n) is 5.32. The van der Waals surface area contributed by atoms with Crippen molar-refractivity contribution in [1.29, 1.82) is 0 Å². The van der Waals surface area contributed by atoms with Crippen molar-refractivity contribution in [2.75, 3.05) is 35.8 Å². The molecule has 0 spiro atoms. The van der Waals surface area contributed by atoms with Gasteiger partial charge in [-0.25, -0.2) is 18.2 Å². The molecule has 1 aliphatic carbocycles. The Kier molecular flexibility index (Phi) is 7.03. The highest BCUT2D eigenvalue weighted by atomic mass is 32.2. The summed E-state index contributed by atoms with van der Waals surface area (Å²) in [5.74, 6) is -2.31. The average molecular weight is 452 g/mol. The number of likely N-dealkylation sites (N-methyl/N-ethyl adjacent to an activating group) is 2. The minimum Gasteiger partial charge on any atom is -0.352 e. The third kappa shape index (κ3) is 4.76. The summed E-state index contributed by atoms with van der Waals surface area (Å²) in [5.41, 5.74) is 2.81. The van der Waals surface area contributed by atoms with Crippen molar-refractivity contribution in [2.24, 2.45) is 0 Å². The van der Waals surface area contributed by atoms with E-state index >= 15 is 0 Å². The molecule has 168 valence electrons. The molecule has 2 aliphatic rings. The number of anilines is 3. The highest BCUT2D eigenvalue weighted by Crippen LogP contribution is 2.40. The molecule has 1 N–H and O–H groups in total. The second kappa shape index (κ2) is 9.38. The molecule has 0 amide bonds. The predicted molar refractivity (Wildman–Crippen MR) is 122 cm³/mol. The average Bonchev–Trinajstić information content (AvgIpc) is 2.70. The first-order chi connectivity index (χ1) is 14.7. The lowest BCUT2D eigenvalue weighted by atomic mass is 9.92. The lowest BCUT2D eigenvalue weighted by molar-refractivity contribution is 0.442. The number of nitrogens with zero attached hydrogens (tertiary/aromatic N) is 4. The molecule has 9 heteroatoms. The van der Waals surface area contributed by atoms with Crippen LogP contribution in [0.5, 0.6) is 0 Å². The van der Waals surface area contributed by atoms with Crippen molar-refractivity contribution in [3.05, 3.63) is 47.6 Å². The van der Waals surface area contributed by atoms with E-state index in [9.17, 15) is 13.2 Å². The Morgan fingerprint density at radius 2 is 1.71 bits per heavy atom. The van der Waals surface area contributed by atoms with Gasteiger partial charge in [0.15, 0.2) is 23.3 Å². The van der Waals surface area contributed by atoms with Gasteiger partial charge < -0.3 is 15.1 Å². The number of hydrogen-bond acceptors (Lipinski definition) is 6. The number of rotatable bonds is 4. The van der Waals surface area contributed by atoms with E-state index in [-0.39, 0.29) is 11.3 Å². The van der Waals surface area contributed by atoms with Crippen LogP contribution in [0.3, 0.4) is 0 Å². The first kappa shape index (κ1) is 23.2. The summed E-state index contributed by atoms with van der Waals surface area (Å²) < 4.78 is 39.8. The van der Waals surface area contributed by atoms with Crippen LogP contribution in [0.4, 0.5) is 30.6 Å². The highest BCUT2D eigenvalue weighted by Gasteiger charge is 2.32. The van der Waals surface area contributed by atoms with Gasteiger partial charge in [0.25, 0.3) is 0 Å². The fraction of sp³-hybridized carbons (Fsp3) is 0.455. The summed E-state index contributed by atoms with van der Waals surface area (Å²) >= 11 is 1.36. The lowest BCUT2D eigenvalue weighted by Gasteiger charge is -2.38. The van der Waals surface area contributed by atoms with Gasteiger partial charge in [0.05, 0.1) is 12.2 Å². The Hall–Kier alpha value is -2.42. The number of halogens is 3. The molecule has 0 saturated heterocycles. The fourth-order valence-electron chi connectivity index (χ4n) is 3.64. The summed E-state index contributed by atoms with van der Waals surface area (Å²) in [4.78, 5) is 13.7. The van der Waals surface area contributed by atoms with Crippen LogP contribution >= 0.6 is 11.8 Å². The van der Waals surface area contributed by atoms with Crippen LogP contribution in [0.1, 0.15) is 32.4 Å². The maximum Gasteiger partial charge on any atom is 0.225 e. The van der Waals surface area contributed by atoms with Gasteiger partial charge in [-0.1, -0.05) is 20.4 Å². The molecule has 5 nitrogen and oxygen atoms in total. The van der Waals surface area contributed by atoms with E-state index in [1.807, 2.05) is 39.8 Å². The van der Waals surface area contributed by atoms with Crippen molar-refractivity contribution in [2.45, 2.75) is 49.8 Å². The molecule has 1 fully saturated rings. The topological polar surface area (TPSA) is 44.3 Å². The summed E-state index contributed by atoms with van der Waals surface area (Å²) in [6, 6.07) is 2.27. The zero-order chi connectivity index (χ0) is 22.9. The Bertz CT molecular complexity index is 955. The maximum atomic E-state index is 13.4. The van der Waals surface area contributed by atoms with Crippen LogP contribution in [-0.4, -0.2) is 41.9 Å². The zero-order valence-corrected chi connectivity index (χ0v) is 19.3. The molecule has 1 aliphatic heterocycles. The van der Waals surface area contributed by atoms with Crippen molar-refractivity contribution < 1.29 is 13.2 Å². The number of aryl methyl sites for hydroxylation is 1. The van der Waals surface area contributed by atoms with E-state index in [1.54, 1.807) is 0 Å². The molecule has 0 atom stereocenters. The number of fused-ring (bicyclic) bond motifs is 1. The molecule has 0 bridgehead atoms. The Balaban J connectivity index is 0.00000132. The van der Waals surface area contributed by atoms with Crippen molar-refractivity contribution in [1.82, 2.24) is 9.97 Å². The van der Waals surface area contributed by atoms with Crippen molar-refractivity contribution >= 4 is 29.2 Å². The van der Waals surface area contributed by atoms with Gasteiger partial charge in [-0.05, 0) is 31.9 Å². The second-order valence-corrected chi connectivity index (χ2v) is 8.91. The van der Waals surface area contributed by atoms with E-state index in [0.29, 0.717) is 17.4 Å². The van der Waals surface area contributed by atoms with Gasteiger partial charge in [-0.3, -0.25) is 0 Å². The number of nitrogens with one attached hydrogen (secondary N) is 1. The van der Waals surface area contributed by atoms with Gasteiger partial charge in [0.2, 0.25) is 5.95 Å². The summed E-state index contributed by atoms with van der Waals surface area (Å²) in [6.07, 6.45) is 1.61. The molecule has 0 unspecified atom stereocenters. The quantitative estimate of drug-likeness (QED) is 0.631. The summed E-state index contributed by atoms with van der Waals surface area (Å²) in [7, 11) is 3.94. The third-order valence-corrected chi connectivity index (χ3v) is 6.55. The lowest BCUT2D eigenvalue weighted by Crippen LogP contribution is -2.39. The van der Waals surface area contributed by atoms with Gasteiger partial charge in [-0.2, -0.15) is 4.98 Å². The van der Waals surface area contributed by atoms with E-state index in [1.165, 1.54) is 11.8 Å². The minimum absolute atomic E-state index is 0.182. The first-order valence-electron chi connectivity index (χ1n) is 10.3.